The van der Waals surface area contributed by atoms with Crippen LogP contribution < -0.4 is 0 Å². The average molecular weight is 569 g/mol. The zero-order valence-electron chi connectivity index (χ0n) is 27.9. The van der Waals surface area contributed by atoms with E-state index in [1.807, 2.05) is 31.2 Å². The number of hydrogen-bond acceptors (Lipinski definition) is 2. The molecule has 0 heterocycles. The number of aliphatic hydroxyl groups is 2. The van der Waals surface area contributed by atoms with Gasteiger partial charge in [-0.3, -0.25) is 0 Å². The summed E-state index contributed by atoms with van der Waals surface area (Å²) < 4.78 is 0. The van der Waals surface area contributed by atoms with Crippen molar-refractivity contribution in [3.8, 4) is 0 Å². The Morgan fingerprint density at radius 2 is 1.10 bits per heavy atom. The lowest BCUT2D eigenvalue weighted by atomic mass is 9.72. The first-order valence-electron chi connectivity index (χ1n) is 15.2. The molecule has 0 aromatic rings. The first-order valence-corrected chi connectivity index (χ1v) is 15.2. The van der Waals surface area contributed by atoms with Gasteiger partial charge in [0, 0.05) is 0 Å². The molecule has 0 fully saturated rings. The standard InChI is InChI=1S/C40H56O2/c1-31(19-13-21-33(3)22-15-24-35(5)27-29-38(41)40(9,10)42)17-11-12-18-32(2)20-14-23-34(4)26-28-37-36(6)25-16-30-39(37,7)8/h11-15,17-24,26-29,38,41-42H,16,25,30H2,1-10H3/b12-11+,19-13+,20-14+,22-15+,28-26+,29-27+,31-17+,32-18+,33-21+,34-23+,35-24+/t38-/m0/s1. The van der Waals surface area contributed by atoms with Crippen molar-refractivity contribution in [3.05, 3.63) is 142 Å². The Morgan fingerprint density at radius 1 is 0.690 bits per heavy atom. The van der Waals surface area contributed by atoms with E-state index in [2.05, 4.69) is 121 Å². The molecule has 0 unspecified atom stereocenters. The lowest BCUT2D eigenvalue weighted by molar-refractivity contribution is -0.0226. The van der Waals surface area contributed by atoms with Gasteiger partial charge in [-0.05, 0) is 85.6 Å². The molecule has 0 bridgehead atoms. The molecule has 2 heteroatoms. The van der Waals surface area contributed by atoms with Gasteiger partial charge in [-0.2, -0.15) is 0 Å². The van der Waals surface area contributed by atoms with Gasteiger partial charge in [0.25, 0.3) is 0 Å². The van der Waals surface area contributed by atoms with Crippen LogP contribution in [0.1, 0.15) is 88.5 Å². The van der Waals surface area contributed by atoms with Gasteiger partial charge in [-0.15, -0.1) is 0 Å². The van der Waals surface area contributed by atoms with E-state index >= 15 is 0 Å². The Kier molecular flexibility index (Phi) is 16.1. The topological polar surface area (TPSA) is 40.5 Å². The van der Waals surface area contributed by atoms with E-state index in [-0.39, 0.29) is 5.41 Å². The van der Waals surface area contributed by atoms with E-state index in [9.17, 15) is 10.2 Å². The normalized spacial score (nSPS) is 19.8. The van der Waals surface area contributed by atoms with Crippen molar-refractivity contribution in [2.45, 2.75) is 100 Å². The zero-order valence-corrected chi connectivity index (χ0v) is 27.9. The van der Waals surface area contributed by atoms with Crippen molar-refractivity contribution in [2.24, 2.45) is 5.41 Å². The summed E-state index contributed by atoms with van der Waals surface area (Å²) in [5, 5.41) is 19.7. The first kappa shape index (κ1) is 36.8. The van der Waals surface area contributed by atoms with Crippen LogP contribution in [0.4, 0.5) is 0 Å². The van der Waals surface area contributed by atoms with Crippen molar-refractivity contribution < 1.29 is 10.2 Å². The molecule has 0 saturated heterocycles. The smallest absolute Gasteiger partial charge is 0.101 e. The summed E-state index contributed by atoms with van der Waals surface area (Å²) in [6.07, 6.45) is 37.9. The summed E-state index contributed by atoms with van der Waals surface area (Å²) >= 11 is 0. The van der Waals surface area contributed by atoms with Crippen molar-refractivity contribution in [2.75, 3.05) is 0 Å². The highest BCUT2D eigenvalue weighted by Crippen LogP contribution is 2.40. The molecule has 0 spiro atoms. The molecule has 42 heavy (non-hydrogen) atoms. The quantitative estimate of drug-likeness (QED) is 0.217. The second kappa shape index (κ2) is 18.4. The number of hydrogen-bond donors (Lipinski definition) is 2. The summed E-state index contributed by atoms with van der Waals surface area (Å²) in [5.41, 5.74) is 7.92. The van der Waals surface area contributed by atoms with E-state index in [1.165, 1.54) is 47.1 Å². The van der Waals surface area contributed by atoms with Crippen LogP contribution in [-0.2, 0) is 0 Å². The molecule has 2 nitrogen and oxygen atoms in total. The maximum atomic E-state index is 9.88. The van der Waals surface area contributed by atoms with E-state index in [4.69, 9.17) is 0 Å². The lowest BCUT2D eigenvalue weighted by Crippen LogP contribution is -2.34. The largest absolute Gasteiger partial charge is 0.387 e. The zero-order chi connectivity index (χ0) is 31.8. The molecule has 2 N–H and O–H groups in total. The second-order valence-corrected chi connectivity index (χ2v) is 12.7. The monoisotopic (exact) mass is 568 g/mol. The van der Waals surface area contributed by atoms with Crippen molar-refractivity contribution in [3.63, 3.8) is 0 Å². The molecule has 1 rings (SSSR count). The highest BCUT2D eigenvalue weighted by Gasteiger charge is 2.26. The molecule has 0 aromatic carbocycles. The minimum absolute atomic E-state index is 0.276. The Balaban J connectivity index is 2.61. The van der Waals surface area contributed by atoms with Crippen molar-refractivity contribution in [1.29, 1.82) is 0 Å². The summed E-state index contributed by atoms with van der Waals surface area (Å²) in [7, 11) is 0. The maximum Gasteiger partial charge on any atom is 0.101 e. The van der Waals surface area contributed by atoms with Gasteiger partial charge >= 0.3 is 0 Å². The summed E-state index contributed by atoms with van der Waals surface area (Å²) in [5.74, 6) is 0. The molecular weight excluding hydrogens is 512 g/mol. The highest BCUT2D eigenvalue weighted by atomic mass is 16.3. The molecule has 1 aliphatic carbocycles. The van der Waals surface area contributed by atoms with Crippen LogP contribution >= 0.6 is 0 Å². The SMILES string of the molecule is CC1=C(/C=C/C(C)=C/C=C/C(C)=C/C=C/C=C(C)/C=C/C=C(C)/C=C/C=C(C)/C=C/[C@H](O)C(C)(C)O)C(C)(C)CCC1. The first-order chi connectivity index (χ1) is 19.6. The van der Waals surface area contributed by atoms with Gasteiger partial charge < -0.3 is 10.2 Å². The van der Waals surface area contributed by atoms with Gasteiger partial charge in [0.15, 0.2) is 0 Å². The van der Waals surface area contributed by atoms with Crippen LogP contribution in [0.25, 0.3) is 0 Å². The third kappa shape index (κ3) is 15.7. The van der Waals surface area contributed by atoms with Crippen molar-refractivity contribution in [1.82, 2.24) is 0 Å². The Labute approximate surface area is 257 Å². The van der Waals surface area contributed by atoms with Crippen LogP contribution in [0.3, 0.4) is 0 Å². The summed E-state index contributed by atoms with van der Waals surface area (Å²) in [6.45, 7) is 20.5. The van der Waals surface area contributed by atoms with Gasteiger partial charge in [-0.25, -0.2) is 0 Å². The fourth-order valence-corrected chi connectivity index (χ4v) is 4.45. The number of aliphatic hydroxyl groups excluding tert-OH is 1. The molecular formula is C40H56O2. The Hall–Kier alpha value is -3.20. The fourth-order valence-electron chi connectivity index (χ4n) is 4.45. The molecule has 1 atom stereocenters. The van der Waals surface area contributed by atoms with Crippen LogP contribution in [0, 0.1) is 5.41 Å². The van der Waals surface area contributed by atoms with Crippen molar-refractivity contribution >= 4 is 0 Å². The number of allylic oxidation sites excluding steroid dienone is 23. The van der Waals surface area contributed by atoms with Crippen LogP contribution in [0.5, 0.6) is 0 Å². The fraction of sp³-hybridized carbons (Fsp3) is 0.400. The predicted molar refractivity (Wildman–Crippen MR) is 186 cm³/mol. The Bertz CT molecular complexity index is 1250. The van der Waals surface area contributed by atoms with Gasteiger partial charge in [0.2, 0.25) is 0 Å². The summed E-state index contributed by atoms with van der Waals surface area (Å²) in [4.78, 5) is 0. The van der Waals surface area contributed by atoms with E-state index in [1.54, 1.807) is 19.9 Å². The van der Waals surface area contributed by atoms with Crippen LogP contribution in [-0.4, -0.2) is 21.9 Å². The molecule has 1 aliphatic rings. The maximum absolute atomic E-state index is 9.88. The minimum Gasteiger partial charge on any atom is -0.387 e. The van der Waals surface area contributed by atoms with Crippen LogP contribution in [0.15, 0.2) is 142 Å². The van der Waals surface area contributed by atoms with Gasteiger partial charge in [0.1, 0.15) is 6.10 Å². The van der Waals surface area contributed by atoms with Gasteiger partial charge in [-0.1, -0.05) is 151 Å². The van der Waals surface area contributed by atoms with E-state index < -0.39 is 11.7 Å². The average Bonchev–Trinajstić information content (AvgIpc) is 2.88. The highest BCUT2D eigenvalue weighted by molar-refractivity contribution is 5.37. The third-order valence-corrected chi connectivity index (χ3v) is 7.30. The van der Waals surface area contributed by atoms with E-state index in [0.29, 0.717) is 0 Å². The third-order valence-electron chi connectivity index (χ3n) is 7.30. The molecule has 0 aromatic heterocycles. The molecule has 0 aliphatic heterocycles. The molecule has 0 saturated carbocycles. The molecule has 0 amide bonds. The summed E-state index contributed by atoms with van der Waals surface area (Å²) in [6, 6.07) is 0. The lowest BCUT2D eigenvalue weighted by Gasteiger charge is -2.32. The predicted octanol–water partition coefficient (Wildman–Crippen LogP) is 10.7. The Morgan fingerprint density at radius 3 is 1.52 bits per heavy atom. The molecule has 0 radical (unpaired) electrons. The second-order valence-electron chi connectivity index (χ2n) is 12.7. The van der Waals surface area contributed by atoms with Crippen LogP contribution in [0.2, 0.25) is 0 Å². The molecule has 228 valence electrons. The van der Waals surface area contributed by atoms with E-state index in [0.717, 1.165) is 11.1 Å². The van der Waals surface area contributed by atoms with Gasteiger partial charge in [0.05, 0.1) is 5.60 Å². The number of rotatable bonds is 13. The minimum atomic E-state index is -1.15.